The normalized spacial score (nSPS) is 17.6. The lowest BCUT2D eigenvalue weighted by Gasteiger charge is -2.33. The molecule has 1 aliphatic rings. The number of aliphatic hydroxyl groups excluding tert-OH is 1. The van der Waals surface area contributed by atoms with Gasteiger partial charge in [-0.05, 0) is 50.3 Å². The van der Waals surface area contributed by atoms with Crippen molar-refractivity contribution in [2.45, 2.75) is 90.9 Å². The number of amides is 2. The molecule has 0 spiro atoms. The van der Waals surface area contributed by atoms with E-state index in [0.717, 1.165) is 36.1 Å². The van der Waals surface area contributed by atoms with Gasteiger partial charge in [0.15, 0.2) is 23.8 Å². The molecule has 3 rings (SSSR count). The summed E-state index contributed by atoms with van der Waals surface area (Å²) in [4.78, 5) is 67.4. The maximum atomic E-state index is 13.9. The number of ether oxygens (including phenoxy) is 5. The number of hydrogen-bond donors (Lipinski definition) is 1. The van der Waals surface area contributed by atoms with Crippen molar-refractivity contribution in [1.82, 2.24) is 4.90 Å². The SMILES string of the molecule is CO[C@H](C(=O)N1C(=O)OC(C)(C)[C@@H]1C(C)C)[C@H](OC(C)=O)C(=O)C=C(C(=O)CCCOC[C@@H](CO)OCc1ccccc1)c1cccc(C)c1. The van der Waals surface area contributed by atoms with E-state index >= 15 is 0 Å². The highest BCUT2D eigenvalue weighted by molar-refractivity contribution is 6.25. The minimum Gasteiger partial charge on any atom is -0.451 e. The monoisotopic (exact) mass is 695 g/mol. The Bertz CT molecular complexity index is 1520. The van der Waals surface area contributed by atoms with Crippen molar-refractivity contribution in [3.63, 3.8) is 0 Å². The number of esters is 1. The molecule has 0 aromatic heterocycles. The lowest BCUT2D eigenvalue weighted by Crippen LogP contribution is -2.55. The third kappa shape index (κ3) is 10.9. The van der Waals surface area contributed by atoms with Gasteiger partial charge in [0.2, 0.25) is 0 Å². The van der Waals surface area contributed by atoms with E-state index in [1.165, 1.54) is 0 Å². The zero-order valence-corrected chi connectivity index (χ0v) is 29.9. The molecule has 1 fully saturated rings. The molecule has 1 aliphatic heterocycles. The van der Waals surface area contributed by atoms with E-state index in [0.29, 0.717) is 18.6 Å². The first-order valence-electron chi connectivity index (χ1n) is 16.7. The molecule has 1 N–H and O–H groups in total. The summed E-state index contributed by atoms with van der Waals surface area (Å²) in [6.45, 7) is 10.3. The van der Waals surface area contributed by atoms with Crippen LogP contribution in [0.5, 0.6) is 0 Å². The Balaban J connectivity index is 1.79. The van der Waals surface area contributed by atoms with Crippen LogP contribution in [0.25, 0.3) is 5.57 Å². The first kappa shape index (κ1) is 40.2. The van der Waals surface area contributed by atoms with Crippen LogP contribution in [0.15, 0.2) is 60.7 Å². The summed E-state index contributed by atoms with van der Waals surface area (Å²) in [5.74, 6) is -3.27. The van der Waals surface area contributed by atoms with E-state index in [1.54, 1.807) is 32.0 Å². The van der Waals surface area contributed by atoms with Crippen molar-refractivity contribution < 1.29 is 52.8 Å². The van der Waals surface area contributed by atoms with Crippen LogP contribution < -0.4 is 0 Å². The molecule has 1 saturated heterocycles. The lowest BCUT2D eigenvalue weighted by molar-refractivity contribution is -0.166. The minimum absolute atomic E-state index is 0.00262. The number of carbonyl (C=O) groups is 5. The molecule has 50 heavy (non-hydrogen) atoms. The van der Waals surface area contributed by atoms with E-state index in [9.17, 15) is 29.1 Å². The summed E-state index contributed by atoms with van der Waals surface area (Å²) in [6, 6.07) is 15.8. The van der Waals surface area contributed by atoms with Crippen molar-refractivity contribution >= 4 is 35.1 Å². The van der Waals surface area contributed by atoms with Gasteiger partial charge >= 0.3 is 12.1 Å². The van der Waals surface area contributed by atoms with Crippen molar-refractivity contribution in [3.8, 4) is 0 Å². The van der Waals surface area contributed by atoms with Gasteiger partial charge in [0.25, 0.3) is 5.91 Å². The lowest BCUT2D eigenvalue weighted by atomic mass is 9.88. The number of benzene rings is 2. The van der Waals surface area contributed by atoms with Crippen molar-refractivity contribution in [3.05, 3.63) is 77.4 Å². The highest BCUT2D eigenvalue weighted by atomic mass is 16.6. The Morgan fingerprint density at radius 3 is 2.34 bits per heavy atom. The van der Waals surface area contributed by atoms with E-state index in [1.807, 2.05) is 57.2 Å². The zero-order valence-electron chi connectivity index (χ0n) is 29.9. The van der Waals surface area contributed by atoms with Crippen LogP contribution in [0.1, 0.15) is 64.2 Å². The molecule has 2 aromatic rings. The first-order chi connectivity index (χ1) is 23.7. The summed E-state index contributed by atoms with van der Waals surface area (Å²) in [7, 11) is 1.16. The first-order valence-corrected chi connectivity index (χ1v) is 16.7. The molecule has 0 saturated carbocycles. The number of carbonyl (C=O) groups excluding carboxylic acids is 5. The molecule has 1 heterocycles. The van der Waals surface area contributed by atoms with E-state index in [4.69, 9.17) is 23.7 Å². The largest absolute Gasteiger partial charge is 0.451 e. The molecule has 0 unspecified atom stereocenters. The van der Waals surface area contributed by atoms with Gasteiger partial charge in [0.05, 0.1) is 25.9 Å². The summed E-state index contributed by atoms with van der Waals surface area (Å²) in [5.41, 5.74) is 1.26. The highest BCUT2D eigenvalue weighted by Crippen LogP contribution is 2.35. The molecule has 2 aromatic carbocycles. The topological polar surface area (TPSA) is 155 Å². The average molecular weight is 696 g/mol. The van der Waals surface area contributed by atoms with Gasteiger partial charge < -0.3 is 28.8 Å². The van der Waals surface area contributed by atoms with Crippen LogP contribution in [0.2, 0.25) is 0 Å². The van der Waals surface area contributed by atoms with Crippen LogP contribution in [-0.4, -0.2) is 96.4 Å². The number of rotatable bonds is 19. The quantitative estimate of drug-likeness (QED) is 0.124. The van der Waals surface area contributed by atoms with Gasteiger partial charge in [0, 0.05) is 32.6 Å². The smallest absolute Gasteiger partial charge is 0.417 e. The van der Waals surface area contributed by atoms with Crippen molar-refractivity contribution in [2.24, 2.45) is 5.92 Å². The molecule has 0 radical (unpaired) electrons. The Kier molecular flexibility index (Phi) is 15.0. The Labute approximate surface area is 293 Å². The van der Waals surface area contributed by atoms with Crippen LogP contribution in [-0.2, 0) is 49.5 Å². The molecule has 12 nitrogen and oxygen atoms in total. The van der Waals surface area contributed by atoms with E-state index in [-0.39, 0.29) is 37.7 Å². The van der Waals surface area contributed by atoms with Gasteiger partial charge in [-0.2, -0.15) is 0 Å². The van der Waals surface area contributed by atoms with Gasteiger partial charge in [-0.25, -0.2) is 9.69 Å². The van der Waals surface area contributed by atoms with Crippen molar-refractivity contribution in [2.75, 3.05) is 26.9 Å². The number of nitrogens with zero attached hydrogens (tertiary/aromatic N) is 1. The zero-order chi connectivity index (χ0) is 37.0. The van der Waals surface area contributed by atoms with Crippen LogP contribution in [0, 0.1) is 12.8 Å². The van der Waals surface area contributed by atoms with Gasteiger partial charge in [0.1, 0.15) is 11.7 Å². The number of aliphatic hydroxyl groups is 1. The molecule has 0 aliphatic carbocycles. The Hall–Kier alpha value is -4.23. The fourth-order valence-electron chi connectivity index (χ4n) is 6.01. The van der Waals surface area contributed by atoms with Gasteiger partial charge in [-0.1, -0.05) is 74.0 Å². The Morgan fingerprint density at radius 2 is 1.74 bits per heavy atom. The number of imide groups is 1. The molecule has 272 valence electrons. The van der Waals surface area contributed by atoms with Gasteiger partial charge in [-0.3, -0.25) is 19.2 Å². The number of aryl methyl sites for hydroxylation is 1. The summed E-state index contributed by atoms with van der Waals surface area (Å²) in [6.07, 6.45) is -3.63. The minimum atomic E-state index is -1.81. The molecule has 4 atom stereocenters. The average Bonchev–Trinajstić information content (AvgIpc) is 3.32. The predicted molar refractivity (Wildman–Crippen MR) is 184 cm³/mol. The molecule has 0 bridgehead atoms. The molecular formula is C38H49NO11. The fourth-order valence-corrected chi connectivity index (χ4v) is 6.01. The maximum Gasteiger partial charge on any atom is 0.417 e. The maximum absolute atomic E-state index is 13.9. The molecule has 12 heteroatoms. The predicted octanol–water partition coefficient (Wildman–Crippen LogP) is 4.62. The second-order valence-electron chi connectivity index (χ2n) is 13.1. The fraction of sp³-hybridized carbons (Fsp3) is 0.500. The van der Waals surface area contributed by atoms with Crippen LogP contribution in [0.4, 0.5) is 4.79 Å². The van der Waals surface area contributed by atoms with Crippen molar-refractivity contribution in [1.29, 1.82) is 0 Å². The second kappa shape index (κ2) is 18.7. The number of hydrogen-bond acceptors (Lipinski definition) is 11. The summed E-state index contributed by atoms with van der Waals surface area (Å²) >= 11 is 0. The van der Waals surface area contributed by atoms with Crippen LogP contribution >= 0.6 is 0 Å². The summed E-state index contributed by atoms with van der Waals surface area (Å²) in [5, 5.41) is 9.69. The Morgan fingerprint density at radius 1 is 1.04 bits per heavy atom. The number of allylic oxidation sites excluding steroid dienone is 1. The molecule has 2 amide bonds. The number of methoxy groups -OCH3 is 1. The number of Topliss-reactive ketones (excluding diaryl/α,β-unsaturated/α-hetero) is 1. The third-order valence-electron chi connectivity index (χ3n) is 8.20. The van der Waals surface area contributed by atoms with Gasteiger partial charge in [-0.15, -0.1) is 0 Å². The van der Waals surface area contributed by atoms with E-state index in [2.05, 4.69) is 0 Å². The highest BCUT2D eigenvalue weighted by Gasteiger charge is 2.54. The molecular weight excluding hydrogens is 646 g/mol. The number of cyclic esters (lactones) is 1. The van der Waals surface area contributed by atoms with Crippen LogP contribution in [0.3, 0.4) is 0 Å². The number of ketones is 2. The van der Waals surface area contributed by atoms with E-state index < -0.39 is 59.5 Å². The second-order valence-corrected chi connectivity index (χ2v) is 13.1. The standard InChI is InChI=1S/C38H49NO11/c1-24(2)35-38(5,6)50-37(45)39(35)36(44)34(46-7)33(49-26(4)41)32(43)20-30(28-16-11-13-25(3)19-28)31(42)17-12-18-47-23-29(21-40)48-22-27-14-9-8-10-15-27/h8-11,13-16,19-20,24,29,33-35,40H,12,17-18,21-23H2,1-7H3/t29-,33-,34+,35+/m1/s1. The summed E-state index contributed by atoms with van der Waals surface area (Å²) < 4.78 is 27.7. The third-order valence-corrected chi connectivity index (χ3v) is 8.20.